The lowest BCUT2D eigenvalue weighted by atomic mass is 9.83. The fourth-order valence-corrected chi connectivity index (χ4v) is 5.19. The van der Waals surface area contributed by atoms with Crippen molar-refractivity contribution in [1.82, 2.24) is 0 Å². The predicted octanol–water partition coefficient (Wildman–Crippen LogP) is 5.51. The number of allylic oxidation sites excluding steroid dienone is 2. The second-order valence-corrected chi connectivity index (χ2v) is 9.59. The Balaban J connectivity index is 2.33. The molecule has 0 bridgehead atoms. The first kappa shape index (κ1) is 23.4. The second-order valence-electron chi connectivity index (χ2n) is 7.75. The first-order valence-electron chi connectivity index (χ1n) is 10.3. The minimum Gasteiger partial charge on any atom is -0.481 e. The molecule has 0 aromatic rings. The third kappa shape index (κ3) is 9.89. The van der Waals surface area contributed by atoms with Gasteiger partial charge in [-0.15, -0.1) is 0 Å². The average Bonchev–Trinajstić information content (AvgIpc) is 2.57. The lowest BCUT2D eigenvalue weighted by Crippen LogP contribution is -2.26. The van der Waals surface area contributed by atoms with Crippen molar-refractivity contribution in [3.05, 3.63) is 12.2 Å². The molecule has 0 radical (unpaired) electrons. The number of hydrogen-bond acceptors (Lipinski definition) is 2. The van der Waals surface area contributed by atoms with Crippen molar-refractivity contribution in [2.45, 2.75) is 96.1 Å². The van der Waals surface area contributed by atoms with Crippen LogP contribution in [0, 0.1) is 11.8 Å². The largest absolute Gasteiger partial charge is 0.481 e. The SMILES string of the molecule is CCCCCC1C=CC(CCCCCCCCC(=O)O)C(P(=O)(O)O)C1. The van der Waals surface area contributed by atoms with E-state index in [0.29, 0.717) is 12.3 Å². The molecule has 0 aliphatic heterocycles. The molecule has 1 rings (SSSR count). The third-order valence-electron chi connectivity index (χ3n) is 5.46. The van der Waals surface area contributed by atoms with Gasteiger partial charge >= 0.3 is 13.6 Å². The Labute approximate surface area is 158 Å². The van der Waals surface area contributed by atoms with Crippen molar-refractivity contribution < 1.29 is 24.3 Å². The summed E-state index contributed by atoms with van der Waals surface area (Å²) in [5, 5.41) is 8.60. The van der Waals surface area contributed by atoms with E-state index in [-0.39, 0.29) is 12.3 Å². The van der Waals surface area contributed by atoms with Crippen LogP contribution in [0.15, 0.2) is 12.2 Å². The highest BCUT2D eigenvalue weighted by molar-refractivity contribution is 7.52. The van der Waals surface area contributed by atoms with Crippen molar-refractivity contribution in [2.24, 2.45) is 11.8 Å². The van der Waals surface area contributed by atoms with Crippen LogP contribution in [0.4, 0.5) is 0 Å². The Kier molecular flexibility index (Phi) is 11.4. The van der Waals surface area contributed by atoms with Crippen LogP contribution in [-0.4, -0.2) is 26.5 Å². The van der Waals surface area contributed by atoms with Crippen LogP contribution in [-0.2, 0) is 9.36 Å². The normalized spacial score (nSPS) is 23.3. The van der Waals surface area contributed by atoms with E-state index < -0.39 is 19.2 Å². The van der Waals surface area contributed by atoms with Gasteiger partial charge in [0.15, 0.2) is 0 Å². The van der Waals surface area contributed by atoms with Gasteiger partial charge in [0, 0.05) is 6.42 Å². The summed E-state index contributed by atoms with van der Waals surface area (Å²) in [6.45, 7) is 2.16. The highest BCUT2D eigenvalue weighted by atomic mass is 31.2. The first-order valence-corrected chi connectivity index (χ1v) is 12.0. The summed E-state index contributed by atoms with van der Waals surface area (Å²) in [5.41, 5.74) is -0.519. The maximum Gasteiger partial charge on any atom is 0.329 e. The van der Waals surface area contributed by atoms with Crippen LogP contribution in [0.5, 0.6) is 0 Å². The zero-order valence-corrected chi connectivity index (χ0v) is 17.1. The monoisotopic (exact) mass is 388 g/mol. The number of carbonyl (C=O) groups is 1. The molecule has 0 amide bonds. The predicted molar refractivity (Wildman–Crippen MR) is 105 cm³/mol. The molecular formula is C20H37O5P. The minimum atomic E-state index is -4.06. The smallest absolute Gasteiger partial charge is 0.329 e. The van der Waals surface area contributed by atoms with Gasteiger partial charge in [0.1, 0.15) is 0 Å². The molecule has 3 atom stereocenters. The van der Waals surface area contributed by atoms with Gasteiger partial charge < -0.3 is 14.9 Å². The summed E-state index contributed by atoms with van der Waals surface area (Å²) >= 11 is 0. The summed E-state index contributed by atoms with van der Waals surface area (Å²) in [6.07, 6.45) is 16.3. The number of unbranched alkanes of at least 4 members (excludes halogenated alkanes) is 7. The molecule has 0 saturated carbocycles. The molecule has 0 spiro atoms. The van der Waals surface area contributed by atoms with Crippen LogP contribution in [0.1, 0.15) is 90.4 Å². The Hall–Kier alpha value is -0.640. The lowest BCUT2D eigenvalue weighted by molar-refractivity contribution is -0.137. The number of aliphatic carboxylic acids is 1. The zero-order valence-electron chi connectivity index (χ0n) is 16.2. The van der Waals surface area contributed by atoms with Crippen LogP contribution < -0.4 is 0 Å². The average molecular weight is 388 g/mol. The van der Waals surface area contributed by atoms with E-state index >= 15 is 0 Å². The fourth-order valence-electron chi connectivity index (χ4n) is 3.90. The third-order valence-corrected chi connectivity index (χ3v) is 6.92. The molecule has 5 nitrogen and oxygen atoms in total. The van der Waals surface area contributed by atoms with E-state index in [0.717, 1.165) is 64.2 Å². The Bertz CT molecular complexity index is 471. The summed E-state index contributed by atoms with van der Waals surface area (Å²) in [5.74, 6) is -0.430. The minimum absolute atomic E-state index is 0.00901. The van der Waals surface area contributed by atoms with Gasteiger partial charge in [-0.05, 0) is 37.5 Å². The molecule has 0 saturated heterocycles. The molecule has 3 N–H and O–H groups in total. The van der Waals surface area contributed by atoms with Gasteiger partial charge in [-0.3, -0.25) is 9.36 Å². The molecule has 152 valence electrons. The number of carboxylic acid groups (broad SMARTS) is 1. The van der Waals surface area contributed by atoms with Gasteiger partial charge in [-0.2, -0.15) is 0 Å². The lowest BCUT2D eigenvalue weighted by Gasteiger charge is -2.32. The summed E-state index contributed by atoms with van der Waals surface area (Å²) in [6, 6.07) is 0. The van der Waals surface area contributed by atoms with E-state index in [1.807, 2.05) is 0 Å². The molecule has 3 unspecified atom stereocenters. The molecule has 0 heterocycles. The molecular weight excluding hydrogens is 351 g/mol. The van der Waals surface area contributed by atoms with Crippen LogP contribution in [0.2, 0.25) is 0 Å². The number of carboxylic acids is 1. The maximum atomic E-state index is 11.9. The molecule has 1 aliphatic rings. The number of rotatable bonds is 14. The standard InChI is InChI=1S/C20H37O5P/c1-2-3-8-11-17-14-15-18(19(16-17)26(23,24)25)12-9-6-4-5-7-10-13-20(21)22/h14-15,17-19H,2-13,16H2,1H3,(H,21,22)(H2,23,24,25). The van der Waals surface area contributed by atoms with Crippen LogP contribution in [0.25, 0.3) is 0 Å². The summed E-state index contributed by atoms with van der Waals surface area (Å²) in [4.78, 5) is 30.0. The van der Waals surface area contributed by atoms with Gasteiger partial charge in [-0.1, -0.05) is 70.4 Å². The first-order chi connectivity index (χ1) is 12.3. The van der Waals surface area contributed by atoms with Crippen molar-refractivity contribution in [2.75, 3.05) is 0 Å². The van der Waals surface area contributed by atoms with E-state index in [1.165, 1.54) is 6.42 Å². The molecule has 0 aromatic heterocycles. The van der Waals surface area contributed by atoms with Crippen molar-refractivity contribution in [3.8, 4) is 0 Å². The van der Waals surface area contributed by atoms with Crippen LogP contribution >= 0.6 is 7.60 Å². The van der Waals surface area contributed by atoms with E-state index in [9.17, 15) is 19.1 Å². The summed E-state index contributed by atoms with van der Waals surface area (Å²) < 4.78 is 11.9. The zero-order chi connectivity index (χ0) is 19.4. The topological polar surface area (TPSA) is 94.8 Å². The molecule has 26 heavy (non-hydrogen) atoms. The van der Waals surface area contributed by atoms with Crippen molar-refractivity contribution >= 4 is 13.6 Å². The highest BCUT2D eigenvalue weighted by Gasteiger charge is 2.38. The van der Waals surface area contributed by atoms with Crippen molar-refractivity contribution in [1.29, 1.82) is 0 Å². The molecule has 1 aliphatic carbocycles. The quantitative estimate of drug-likeness (QED) is 0.207. The Morgan fingerprint density at radius 2 is 1.58 bits per heavy atom. The van der Waals surface area contributed by atoms with Gasteiger partial charge in [0.05, 0.1) is 5.66 Å². The van der Waals surface area contributed by atoms with Gasteiger partial charge in [0.25, 0.3) is 0 Å². The highest BCUT2D eigenvalue weighted by Crippen LogP contribution is 2.51. The Morgan fingerprint density at radius 1 is 0.962 bits per heavy atom. The van der Waals surface area contributed by atoms with Gasteiger partial charge in [-0.25, -0.2) is 0 Å². The van der Waals surface area contributed by atoms with Crippen molar-refractivity contribution in [3.63, 3.8) is 0 Å². The summed E-state index contributed by atoms with van der Waals surface area (Å²) in [7, 11) is -4.06. The van der Waals surface area contributed by atoms with Gasteiger partial charge in [0.2, 0.25) is 0 Å². The molecule has 6 heteroatoms. The van der Waals surface area contributed by atoms with E-state index in [1.54, 1.807) is 0 Å². The van der Waals surface area contributed by atoms with E-state index in [2.05, 4.69) is 19.1 Å². The molecule has 0 fully saturated rings. The second kappa shape index (κ2) is 12.7. The maximum absolute atomic E-state index is 11.9. The Morgan fingerprint density at radius 3 is 2.19 bits per heavy atom. The van der Waals surface area contributed by atoms with Crippen LogP contribution in [0.3, 0.4) is 0 Å². The fraction of sp³-hybridized carbons (Fsp3) is 0.850. The van der Waals surface area contributed by atoms with E-state index in [4.69, 9.17) is 5.11 Å². The molecule has 0 aromatic carbocycles. The number of hydrogen-bond donors (Lipinski definition) is 3.